The van der Waals surface area contributed by atoms with E-state index in [2.05, 4.69) is 4.98 Å². The average molecular weight is 364 g/mol. The van der Waals surface area contributed by atoms with Crippen LogP contribution in [-0.4, -0.2) is 49.6 Å². The largest absolute Gasteiger partial charge is 0.392 e. The second-order valence-electron chi connectivity index (χ2n) is 7.95. The Morgan fingerprint density at radius 3 is 2.70 bits per heavy atom. The lowest BCUT2D eigenvalue weighted by molar-refractivity contribution is -0.0182. The molecule has 1 fully saturated rings. The molecule has 1 atom stereocenters. The molecule has 1 aliphatic heterocycles. The Bertz CT molecular complexity index is 994. The van der Waals surface area contributed by atoms with Crippen LogP contribution in [0.4, 0.5) is 0 Å². The summed E-state index contributed by atoms with van der Waals surface area (Å²) in [7, 11) is 1.93. The molecule has 1 aliphatic rings. The molecule has 140 valence electrons. The number of amides is 1. The van der Waals surface area contributed by atoms with E-state index in [-0.39, 0.29) is 17.4 Å². The van der Waals surface area contributed by atoms with Gasteiger partial charge in [-0.25, -0.2) is 9.97 Å². The van der Waals surface area contributed by atoms with E-state index in [0.717, 1.165) is 17.0 Å². The molecule has 0 saturated carbocycles. The monoisotopic (exact) mass is 364 g/mol. The summed E-state index contributed by atoms with van der Waals surface area (Å²) in [5.74, 6) is 0.765. The van der Waals surface area contributed by atoms with E-state index in [9.17, 15) is 9.90 Å². The molecule has 0 aliphatic carbocycles. The topological polar surface area (TPSA) is 71.2 Å². The van der Waals surface area contributed by atoms with Crippen LogP contribution in [0.1, 0.15) is 30.6 Å². The molecule has 1 aromatic carbocycles. The number of likely N-dealkylation sites (tertiary alicyclic amines) is 1. The van der Waals surface area contributed by atoms with Gasteiger partial charge in [0, 0.05) is 37.3 Å². The smallest absolute Gasteiger partial charge is 0.255 e. The van der Waals surface area contributed by atoms with Crippen molar-refractivity contribution >= 4 is 17.1 Å². The van der Waals surface area contributed by atoms with E-state index in [1.807, 2.05) is 61.9 Å². The number of piperidine rings is 1. The molecule has 0 bridgehead atoms. The average Bonchev–Trinajstić information content (AvgIpc) is 3.00. The second-order valence-corrected chi connectivity index (χ2v) is 7.95. The Labute approximate surface area is 158 Å². The lowest BCUT2D eigenvalue weighted by Crippen LogP contribution is -2.50. The number of carbonyl (C=O) groups excluding carboxylic acids is 1. The zero-order chi connectivity index (χ0) is 19.2. The molecule has 4 rings (SSSR count). The van der Waals surface area contributed by atoms with Crippen LogP contribution >= 0.6 is 0 Å². The van der Waals surface area contributed by atoms with Crippen molar-refractivity contribution in [2.75, 3.05) is 13.1 Å². The van der Waals surface area contributed by atoms with Crippen LogP contribution in [0, 0.1) is 5.41 Å². The number of pyridine rings is 1. The lowest BCUT2D eigenvalue weighted by Gasteiger charge is -2.41. The zero-order valence-electron chi connectivity index (χ0n) is 15.9. The van der Waals surface area contributed by atoms with Gasteiger partial charge < -0.3 is 14.6 Å². The van der Waals surface area contributed by atoms with Crippen molar-refractivity contribution in [3.63, 3.8) is 0 Å². The highest BCUT2D eigenvalue weighted by Crippen LogP contribution is 2.30. The third kappa shape index (κ3) is 3.10. The number of carbonyl (C=O) groups is 1. The van der Waals surface area contributed by atoms with Gasteiger partial charge in [-0.3, -0.25) is 4.79 Å². The molecule has 27 heavy (non-hydrogen) atoms. The van der Waals surface area contributed by atoms with Gasteiger partial charge in [0.25, 0.3) is 5.91 Å². The van der Waals surface area contributed by atoms with Gasteiger partial charge in [0.15, 0.2) is 5.65 Å². The van der Waals surface area contributed by atoms with Crippen molar-refractivity contribution < 1.29 is 9.90 Å². The normalized spacial score (nSPS) is 19.4. The Morgan fingerprint density at radius 1 is 1.26 bits per heavy atom. The summed E-state index contributed by atoms with van der Waals surface area (Å²) in [5.41, 5.74) is 2.69. The number of fused-ring (bicyclic) bond motifs is 1. The number of imidazole rings is 1. The first-order valence-corrected chi connectivity index (χ1v) is 9.22. The standard InChI is InChI=1S/C21H24N4O2/c1-21(2)13-25(10-9-17(21)26)20(27)15-11-16-19(22-12-15)24(3)18(23-16)14-7-5-4-6-8-14/h4-8,11-12,17,26H,9-10,13H2,1-3H3. The molecule has 1 N–H and O–H groups in total. The fourth-order valence-electron chi connectivity index (χ4n) is 3.74. The number of aromatic nitrogens is 3. The van der Waals surface area contributed by atoms with Gasteiger partial charge in [0.05, 0.1) is 11.7 Å². The number of rotatable bonds is 2. The van der Waals surface area contributed by atoms with E-state index in [4.69, 9.17) is 4.98 Å². The molecule has 3 aromatic rings. The molecule has 3 heterocycles. The third-order valence-electron chi connectivity index (χ3n) is 5.45. The van der Waals surface area contributed by atoms with Crippen LogP contribution in [0.3, 0.4) is 0 Å². The Morgan fingerprint density at radius 2 is 2.00 bits per heavy atom. The molecule has 0 spiro atoms. The van der Waals surface area contributed by atoms with E-state index in [1.165, 1.54) is 0 Å². The number of aryl methyl sites for hydroxylation is 1. The molecule has 6 nitrogen and oxygen atoms in total. The van der Waals surface area contributed by atoms with E-state index < -0.39 is 0 Å². The molecular weight excluding hydrogens is 340 g/mol. The van der Waals surface area contributed by atoms with Crippen molar-refractivity contribution in [1.82, 2.24) is 19.4 Å². The first-order valence-electron chi connectivity index (χ1n) is 9.22. The summed E-state index contributed by atoms with van der Waals surface area (Å²) in [4.78, 5) is 24.0. The number of benzene rings is 1. The summed E-state index contributed by atoms with van der Waals surface area (Å²) < 4.78 is 1.94. The zero-order valence-corrected chi connectivity index (χ0v) is 15.9. The highest BCUT2D eigenvalue weighted by molar-refractivity contribution is 5.96. The van der Waals surface area contributed by atoms with E-state index in [1.54, 1.807) is 11.1 Å². The predicted octanol–water partition coefficient (Wildman–Crippen LogP) is 2.87. The molecular formula is C21H24N4O2. The summed E-state index contributed by atoms with van der Waals surface area (Å²) in [6, 6.07) is 11.8. The number of nitrogens with zero attached hydrogens (tertiary/aromatic N) is 4. The molecule has 1 unspecified atom stereocenters. The minimum Gasteiger partial charge on any atom is -0.392 e. The quantitative estimate of drug-likeness (QED) is 0.759. The fraction of sp³-hybridized carbons (Fsp3) is 0.381. The van der Waals surface area contributed by atoms with Crippen molar-refractivity contribution in [2.45, 2.75) is 26.4 Å². The number of aliphatic hydroxyl groups excluding tert-OH is 1. The Balaban J connectivity index is 1.67. The Hall–Kier alpha value is -2.73. The minimum atomic E-state index is -0.383. The van der Waals surface area contributed by atoms with Crippen molar-refractivity contribution in [3.8, 4) is 11.4 Å². The Kier molecular flexibility index (Phi) is 4.23. The first-order chi connectivity index (χ1) is 12.9. The van der Waals surface area contributed by atoms with Gasteiger partial charge >= 0.3 is 0 Å². The van der Waals surface area contributed by atoms with E-state index in [0.29, 0.717) is 30.6 Å². The molecule has 1 saturated heterocycles. The summed E-state index contributed by atoms with van der Waals surface area (Å²) >= 11 is 0. The van der Waals surface area contributed by atoms with Crippen LogP contribution in [0.2, 0.25) is 0 Å². The van der Waals surface area contributed by atoms with Gasteiger partial charge in [-0.2, -0.15) is 0 Å². The molecule has 0 radical (unpaired) electrons. The molecule has 2 aromatic heterocycles. The molecule has 6 heteroatoms. The van der Waals surface area contributed by atoms with Crippen molar-refractivity contribution in [3.05, 3.63) is 48.2 Å². The van der Waals surface area contributed by atoms with Crippen LogP contribution in [0.15, 0.2) is 42.6 Å². The third-order valence-corrected chi connectivity index (χ3v) is 5.45. The molecule has 1 amide bonds. The van der Waals surface area contributed by atoms with Crippen LogP contribution < -0.4 is 0 Å². The first kappa shape index (κ1) is 17.7. The highest BCUT2D eigenvalue weighted by atomic mass is 16.3. The van der Waals surface area contributed by atoms with Gasteiger partial charge in [0.2, 0.25) is 0 Å². The second kappa shape index (κ2) is 6.46. The maximum Gasteiger partial charge on any atom is 0.255 e. The number of hydrogen-bond acceptors (Lipinski definition) is 4. The van der Waals surface area contributed by atoms with Crippen molar-refractivity contribution in [2.24, 2.45) is 12.5 Å². The van der Waals surface area contributed by atoms with Crippen molar-refractivity contribution in [1.29, 1.82) is 0 Å². The number of hydrogen-bond donors (Lipinski definition) is 1. The SMILES string of the molecule is Cn1c(-c2ccccc2)nc2cc(C(=O)N3CCC(O)C(C)(C)C3)cnc21. The predicted molar refractivity (Wildman–Crippen MR) is 104 cm³/mol. The van der Waals surface area contributed by atoms with Crippen LogP contribution in [-0.2, 0) is 7.05 Å². The highest BCUT2D eigenvalue weighted by Gasteiger charge is 2.36. The minimum absolute atomic E-state index is 0.0590. The summed E-state index contributed by atoms with van der Waals surface area (Å²) in [6.45, 7) is 5.06. The maximum atomic E-state index is 13.0. The maximum absolute atomic E-state index is 13.0. The van der Waals surface area contributed by atoms with Gasteiger partial charge in [0.1, 0.15) is 11.3 Å². The van der Waals surface area contributed by atoms with Crippen LogP contribution in [0.5, 0.6) is 0 Å². The van der Waals surface area contributed by atoms with Gasteiger partial charge in [-0.15, -0.1) is 0 Å². The fourth-order valence-corrected chi connectivity index (χ4v) is 3.74. The lowest BCUT2D eigenvalue weighted by atomic mass is 9.81. The van der Waals surface area contributed by atoms with E-state index >= 15 is 0 Å². The van der Waals surface area contributed by atoms with Crippen LogP contribution in [0.25, 0.3) is 22.6 Å². The summed E-state index contributed by atoms with van der Waals surface area (Å²) in [5, 5.41) is 10.1. The van der Waals surface area contributed by atoms with Gasteiger partial charge in [-0.05, 0) is 12.5 Å². The number of aliphatic hydroxyl groups is 1. The summed E-state index contributed by atoms with van der Waals surface area (Å²) in [6.07, 6.45) is 1.83. The van der Waals surface area contributed by atoms with Gasteiger partial charge in [-0.1, -0.05) is 44.2 Å².